The van der Waals surface area contributed by atoms with Gasteiger partial charge in [-0.3, -0.25) is 9.59 Å². The summed E-state index contributed by atoms with van der Waals surface area (Å²) in [4.78, 5) is 24.8. The summed E-state index contributed by atoms with van der Waals surface area (Å²) < 4.78 is 5.09. The van der Waals surface area contributed by atoms with E-state index >= 15 is 0 Å². The standard InChI is InChI=1S/C12H21NO4/c1-12(2,11(15)16)10(14)13-6-4-5-9(7-13)8-17-3/h9H,4-8H2,1-3H3,(H,15,16). The highest BCUT2D eigenvalue weighted by Gasteiger charge is 2.40. The van der Waals surface area contributed by atoms with Crippen LogP contribution in [0.2, 0.25) is 0 Å². The van der Waals surface area contributed by atoms with Crippen LogP contribution in [0, 0.1) is 11.3 Å². The predicted molar refractivity (Wildman–Crippen MR) is 62.6 cm³/mol. The van der Waals surface area contributed by atoms with Crippen LogP contribution < -0.4 is 0 Å². The number of amides is 1. The molecular formula is C12H21NO4. The van der Waals surface area contributed by atoms with Gasteiger partial charge in [-0.05, 0) is 32.6 Å². The van der Waals surface area contributed by atoms with E-state index in [1.54, 1.807) is 12.0 Å². The maximum absolute atomic E-state index is 12.1. The van der Waals surface area contributed by atoms with Crippen molar-refractivity contribution in [3.63, 3.8) is 0 Å². The maximum Gasteiger partial charge on any atom is 0.318 e. The number of likely N-dealkylation sites (tertiary alicyclic amines) is 1. The molecule has 0 aromatic rings. The number of ether oxygens (including phenoxy) is 1. The van der Waals surface area contributed by atoms with Crippen molar-refractivity contribution in [3.05, 3.63) is 0 Å². The Morgan fingerprint density at radius 3 is 2.65 bits per heavy atom. The minimum absolute atomic E-state index is 0.300. The number of aliphatic carboxylic acids is 1. The first-order valence-corrected chi connectivity index (χ1v) is 5.91. The second kappa shape index (κ2) is 5.49. The van der Waals surface area contributed by atoms with Crippen molar-refractivity contribution in [2.75, 3.05) is 26.8 Å². The fourth-order valence-electron chi connectivity index (χ4n) is 2.11. The Bertz CT molecular complexity index is 299. The fraction of sp³-hybridized carbons (Fsp3) is 0.833. The number of methoxy groups -OCH3 is 1. The average Bonchev–Trinajstić information content (AvgIpc) is 2.28. The third kappa shape index (κ3) is 3.19. The molecule has 1 rings (SSSR count). The zero-order valence-electron chi connectivity index (χ0n) is 10.7. The molecule has 0 aromatic heterocycles. The Hall–Kier alpha value is -1.10. The van der Waals surface area contributed by atoms with Gasteiger partial charge in [-0.25, -0.2) is 0 Å². The van der Waals surface area contributed by atoms with E-state index in [0.717, 1.165) is 12.8 Å². The smallest absolute Gasteiger partial charge is 0.318 e. The average molecular weight is 243 g/mol. The van der Waals surface area contributed by atoms with E-state index in [1.807, 2.05) is 0 Å². The Kier molecular flexibility index (Phi) is 4.51. The van der Waals surface area contributed by atoms with Crippen molar-refractivity contribution in [2.24, 2.45) is 11.3 Å². The van der Waals surface area contributed by atoms with Crippen LogP contribution in [0.5, 0.6) is 0 Å². The van der Waals surface area contributed by atoms with E-state index in [1.165, 1.54) is 13.8 Å². The quantitative estimate of drug-likeness (QED) is 0.747. The second-order valence-electron chi connectivity index (χ2n) is 5.14. The number of hydrogen-bond acceptors (Lipinski definition) is 3. The number of piperidine rings is 1. The van der Waals surface area contributed by atoms with E-state index in [9.17, 15) is 9.59 Å². The summed E-state index contributed by atoms with van der Waals surface area (Å²) in [5.74, 6) is -1.05. The van der Waals surface area contributed by atoms with Gasteiger partial charge < -0.3 is 14.7 Å². The molecule has 5 nitrogen and oxygen atoms in total. The highest BCUT2D eigenvalue weighted by molar-refractivity contribution is 6.01. The van der Waals surface area contributed by atoms with Crippen LogP contribution in [0.1, 0.15) is 26.7 Å². The molecule has 0 aliphatic carbocycles. The van der Waals surface area contributed by atoms with Crippen LogP contribution >= 0.6 is 0 Å². The molecule has 0 radical (unpaired) electrons. The topological polar surface area (TPSA) is 66.8 Å². The molecule has 0 aromatic carbocycles. The molecule has 0 spiro atoms. The molecule has 1 N–H and O–H groups in total. The number of carbonyl (C=O) groups is 2. The van der Waals surface area contributed by atoms with Crippen LogP contribution in [0.4, 0.5) is 0 Å². The zero-order valence-corrected chi connectivity index (χ0v) is 10.7. The van der Waals surface area contributed by atoms with Gasteiger partial charge >= 0.3 is 5.97 Å². The first-order chi connectivity index (χ1) is 7.89. The summed E-state index contributed by atoms with van der Waals surface area (Å²) in [5.41, 5.74) is -1.34. The fourth-order valence-corrected chi connectivity index (χ4v) is 2.11. The van der Waals surface area contributed by atoms with Gasteiger partial charge in [0.1, 0.15) is 5.41 Å². The number of hydrogen-bond donors (Lipinski definition) is 1. The van der Waals surface area contributed by atoms with Crippen molar-refractivity contribution < 1.29 is 19.4 Å². The summed E-state index contributed by atoms with van der Waals surface area (Å²) in [6.07, 6.45) is 1.95. The summed E-state index contributed by atoms with van der Waals surface area (Å²) in [6, 6.07) is 0. The number of nitrogens with zero attached hydrogens (tertiary/aromatic N) is 1. The molecule has 1 heterocycles. The lowest BCUT2D eigenvalue weighted by Gasteiger charge is -2.35. The minimum Gasteiger partial charge on any atom is -0.480 e. The molecule has 1 aliphatic heterocycles. The number of rotatable bonds is 4. The summed E-state index contributed by atoms with van der Waals surface area (Å²) in [7, 11) is 1.64. The number of carboxylic acid groups (broad SMARTS) is 1. The van der Waals surface area contributed by atoms with E-state index in [0.29, 0.717) is 25.6 Å². The number of carboxylic acids is 1. The minimum atomic E-state index is -1.34. The van der Waals surface area contributed by atoms with E-state index < -0.39 is 11.4 Å². The van der Waals surface area contributed by atoms with Crippen LogP contribution in [0.3, 0.4) is 0 Å². The molecule has 17 heavy (non-hydrogen) atoms. The molecule has 0 saturated carbocycles. The van der Waals surface area contributed by atoms with Gasteiger partial charge in [-0.1, -0.05) is 0 Å². The van der Waals surface area contributed by atoms with E-state index in [-0.39, 0.29) is 5.91 Å². The van der Waals surface area contributed by atoms with Crippen molar-refractivity contribution in [1.29, 1.82) is 0 Å². The van der Waals surface area contributed by atoms with Gasteiger partial charge in [0, 0.05) is 20.2 Å². The van der Waals surface area contributed by atoms with Crippen LogP contribution in [0.15, 0.2) is 0 Å². The highest BCUT2D eigenvalue weighted by Crippen LogP contribution is 2.24. The molecule has 1 amide bonds. The van der Waals surface area contributed by atoms with Gasteiger partial charge in [-0.15, -0.1) is 0 Å². The first kappa shape index (κ1) is 14.0. The predicted octanol–water partition coefficient (Wildman–Crippen LogP) is 0.982. The van der Waals surface area contributed by atoms with Crippen molar-refractivity contribution in [2.45, 2.75) is 26.7 Å². The summed E-state index contributed by atoms with van der Waals surface area (Å²) in [5, 5.41) is 9.04. The third-order valence-electron chi connectivity index (χ3n) is 3.28. The lowest BCUT2D eigenvalue weighted by Crippen LogP contribution is -2.49. The van der Waals surface area contributed by atoms with Crippen molar-refractivity contribution in [3.8, 4) is 0 Å². The summed E-state index contributed by atoms with van der Waals surface area (Å²) >= 11 is 0. The molecule has 1 aliphatic rings. The molecule has 1 fully saturated rings. The lowest BCUT2D eigenvalue weighted by atomic mass is 9.89. The van der Waals surface area contributed by atoms with Gasteiger partial charge in [0.15, 0.2) is 0 Å². The van der Waals surface area contributed by atoms with Crippen LogP contribution in [-0.2, 0) is 14.3 Å². The molecule has 1 unspecified atom stereocenters. The van der Waals surface area contributed by atoms with Crippen LogP contribution in [0.25, 0.3) is 0 Å². The maximum atomic E-state index is 12.1. The van der Waals surface area contributed by atoms with Gasteiger partial charge in [-0.2, -0.15) is 0 Å². The Balaban J connectivity index is 2.66. The monoisotopic (exact) mass is 243 g/mol. The van der Waals surface area contributed by atoms with E-state index in [2.05, 4.69) is 0 Å². The molecule has 5 heteroatoms. The lowest BCUT2D eigenvalue weighted by molar-refractivity contribution is -0.159. The van der Waals surface area contributed by atoms with Gasteiger partial charge in [0.25, 0.3) is 0 Å². The van der Waals surface area contributed by atoms with Crippen molar-refractivity contribution >= 4 is 11.9 Å². The summed E-state index contributed by atoms with van der Waals surface area (Å²) in [6.45, 7) is 4.78. The zero-order chi connectivity index (χ0) is 13.1. The Morgan fingerprint density at radius 1 is 1.47 bits per heavy atom. The third-order valence-corrected chi connectivity index (χ3v) is 3.28. The molecular weight excluding hydrogens is 222 g/mol. The molecule has 1 saturated heterocycles. The SMILES string of the molecule is COCC1CCCN(C(=O)C(C)(C)C(=O)O)C1. The second-order valence-corrected chi connectivity index (χ2v) is 5.14. The molecule has 1 atom stereocenters. The van der Waals surface area contributed by atoms with Gasteiger partial charge in [0.05, 0.1) is 6.61 Å². The highest BCUT2D eigenvalue weighted by atomic mass is 16.5. The Labute approximate surface area is 102 Å². The normalized spacial score (nSPS) is 21.4. The molecule has 98 valence electrons. The largest absolute Gasteiger partial charge is 0.480 e. The number of carbonyl (C=O) groups excluding carboxylic acids is 1. The molecule has 0 bridgehead atoms. The first-order valence-electron chi connectivity index (χ1n) is 5.91. The van der Waals surface area contributed by atoms with Crippen molar-refractivity contribution in [1.82, 2.24) is 4.90 Å². The van der Waals surface area contributed by atoms with Gasteiger partial charge in [0.2, 0.25) is 5.91 Å². The van der Waals surface area contributed by atoms with E-state index in [4.69, 9.17) is 9.84 Å². The van der Waals surface area contributed by atoms with Crippen LogP contribution in [-0.4, -0.2) is 48.7 Å². The Morgan fingerprint density at radius 2 is 2.12 bits per heavy atom.